The Morgan fingerprint density at radius 3 is 2.19 bits per heavy atom. The molecular formula is C20H28O6. The van der Waals surface area contributed by atoms with E-state index in [0.717, 1.165) is 25.7 Å². The lowest BCUT2D eigenvalue weighted by atomic mass is 9.52. The van der Waals surface area contributed by atoms with Crippen molar-refractivity contribution in [3.63, 3.8) is 0 Å². The molecule has 4 fully saturated rings. The van der Waals surface area contributed by atoms with Crippen LogP contribution in [-0.4, -0.2) is 42.1 Å². The average molecular weight is 364 g/mol. The minimum absolute atomic E-state index is 0.141. The largest absolute Gasteiger partial charge is 0.463 e. The van der Waals surface area contributed by atoms with Gasteiger partial charge in [0.25, 0.3) is 0 Å². The van der Waals surface area contributed by atoms with E-state index < -0.39 is 11.6 Å². The lowest BCUT2D eigenvalue weighted by molar-refractivity contribution is -0.234. The molecule has 0 saturated heterocycles. The van der Waals surface area contributed by atoms with Crippen molar-refractivity contribution in [3.8, 4) is 0 Å². The fourth-order valence-electron chi connectivity index (χ4n) is 5.34. The number of Topliss-reactive ketones (excluding diaryl/α,β-unsaturated/α-hetero) is 1. The minimum atomic E-state index is -0.515. The van der Waals surface area contributed by atoms with E-state index in [4.69, 9.17) is 14.2 Å². The predicted octanol–water partition coefficient (Wildman–Crippen LogP) is 2.74. The maximum atomic E-state index is 12.1. The number of carbonyl (C=O) groups excluding carboxylic acids is 3. The smallest absolute Gasteiger partial charge is 0.333 e. The fraction of sp³-hybridized carbons (Fsp3) is 0.750. The van der Waals surface area contributed by atoms with Gasteiger partial charge in [-0.2, -0.15) is 0 Å². The van der Waals surface area contributed by atoms with Crippen LogP contribution in [0, 0.1) is 11.8 Å². The summed E-state index contributed by atoms with van der Waals surface area (Å²) >= 11 is 0. The van der Waals surface area contributed by atoms with E-state index >= 15 is 0 Å². The number of hydrogen-bond donors (Lipinski definition) is 0. The van der Waals surface area contributed by atoms with Crippen molar-refractivity contribution in [2.24, 2.45) is 11.8 Å². The van der Waals surface area contributed by atoms with Crippen LogP contribution < -0.4 is 0 Å². The molecule has 4 bridgehead atoms. The van der Waals surface area contributed by atoms with Crippen LogP contribution in [0.1, 0.15) is 58.8 Å². The third-order valence-electron chi connectivity index (χ3n) is 5.76. The molecule has 0 aromatic heterocycles. The van der Waals surface area contributed by atoms with Crippen LogP contribution in [0.15, 0.2) is 12.2 Å². The molecule has 2 unspecified atom stereocenters. The first-order valence-electron chi connectivity index (χ1n) is 9.39. The van der Waals surface area contributed by atoms with E-state index in [-0.39, 0.29) is 30.4 Å². The Morgan fingerprint density at radius 2 is 1.62 bits per heavy atom. The predicted molar refractivity (Wildman–Crippen MR) is 93.3 cm³/mol. The molecule has 0 heterocycles. The molecule has 0 N–H and O–H groups in total. The number of esters is 2. The number of ketones is 1. The molecule has 4 saturated carbocycles. The van der Waals surface area contributed by atoms with Crippen molar-refractivity contribution < 1.29 is 28.6 Å². The Bertz CT molecular complexity index is 608. The highest BCUT2D eigenvalue weighted by atomic mass is 16.6. The molecule has 0 aliphatic heterocycles. The summed E-state index contributed by atoms with van der Waals surface area (Å²) in [6.07, 6.45) is 5.42. The summed E-state index contributed by atoms with van der Waals surface area (Å²) in [5.74, 6) is -0.0270. The average Bonchev–Trinajstić information content (AvgIpc) is 2.49. The SMILES string of the molecule is C=C(C)C(=O)OC12CC3CC(CC(OCCOC(=O)CC(C)=O)(C3)C1)C2. The molecule has 4 aliphatic carbocycles. The zero-order valence-electron chi connectivity index (χ0n) is 15.7. The second-order valence-electron chi connectivity index (χ2n) is 8.44. The van der Waals surface area contributed by atoms with Gasteiger partial charge in [0, 0.05) is 12.0 Å². The third kappa shape index (κ3) is 4.17. The summed E-state index contributed by atoms with van der Waals surface area (Å²) in [6.45, 7) is 7.16. The molecule has 6 heteroatoms. The van der Waals surface area contributed by atoms with Crippen molar-refractivity contribution in [2.45, 2.75) is 70.0 Å². The lowest BCUT2D eigenvalue weighted by Crippen LogP contribution is -2.61. The molecular weight excluding hydrogens is 336 g/mol. The van der Waals surface area contributed by atoms with Crippen LogP contribution >= 0.6 is 0 Å². The second kappa shape index (κ2) is 7.14. The summed E-state index contributed by atoms with van der Waals surface area (Å²) in [5, 5.41) is 0. The van der Waals surface area contributed by atoms with Gasteiger partial charge in [-0.1, -0.05) is 6.58 Å². The van der Waals surface area contributed by atoms with E-state index in [1.807, 2.05) is 0 Å². The number of carbonyl (C=O) groups is 3. The molecule has 0 aromatic rings. The highest BCUT2D eigenvalue weighted by molar-refractivity contribution is 5.94. The van der Waals surface area contributed by atoms with Gasteiger partial charge in [-0.15, -0.1) is 0 Å². The standard InChI is InChI=1S/C20H28O6/c1-13(2)18(23)26-20-10-15-7-16(11-20)9-19(8-15,12-20)25-5-4-24-17(22)6-14(3)21/h15-16H,1,4-12H2,2-3H3. The summed E-state index contributed by atoms with van der Waals surface area (Å²) in [6, 6.07) is 0. The van der Waals surface area contributed by atoms with Gasteiger partial charge in [0.1, 0.15) is 24.4 Å². The number of rotatable bonds is 8. The summed E-state index contributed by atoms with van der Waals surface area (Å²) in [5.41, 5.74) is -0.314. The maximum Gasteiger partial charge on any atom is 0.333 e. The van der Waals surface area contributed by atoms with Crippen molar-refractivity contribution in [2.75, 3.05) is 13.2 Å². The van der Waals surface area contributed by atoms with Crippen LogP contribution in [0.3, 0.4) is 0 Å². The van der Waals surface area contributed by atoms with Crippen LogP contribution in [0.2, 0.25) is 0 Å². The van der Waals surface area contributed by atoms with E-state index in [1.165, 1.54) is 13.3 Å². The van der Waals surface area contributed by atoms with Gasteiger partial charge in [0.15, 0.2) is 0 Å². The molecule has 26 heavy (non-hydrogen) atoms. The molecule has 0 amide bonds. The van der Waals surface area contributed by atoms with Gasteiger partial charge in [0.2, 0.25) is 0 Å². The van der Waals surface area contributed by atoms with E-state index in [1.54, 1.807) is 6.92 Å². The van der Waals surface area contributed by atoms with Gasteiger partial charge >= 0.3 is 11.9 Å². The summed E-state index contributed by atoms with van der Waals surface area (Å²) < 4.78 is 17.1. The number of hydrogen-bond acceptors (Lipinski definition) is 6. The molecule has 0 spiro atoms. The Kier molecular flexibility index (Phi) is 5.24. The fourth-order valence-corrected chi connectivity index (χ4v) is 5.34. The van der Waals surface area contributed by atoms with Crippen LogP contribution in [0.25, 0.3) is 0 Å². The van der Waals surface area contributed by atoms with Gasteiger partial charge < -0.3 is 14.2 Å². The van der Waals surface area contributed by atoms with Crippen molar-refractivity contribution in [1.29, 1.82) is 0 Å². The topological polar surface area (TPSA) is 78.9 Å². The Hall–Kier alpha value is -1.69. The molecule has 144 valence electrons. The molecule has 0 aromatic carbocycles. The first kappa shape index (κ1) is 19.1. The molecule has 6 nitrogen and oxygen atoms in total. The van der Waals surface area contributed by atoms with Gasteiger partial charge in [0.05, 0.1) is 12.2 Å². The first-order chi connectivity index (χ1) is 12.2. The van der Waals surface area contributed by atoms with E-state index in [9.17, 15) is 14.4 Å². The Labute approximate surface area is 154 Å². The van der Waals surface area contributed by atoms with Crippen molar-refractivity contribution in [3.05, 3.63) is 12.2 Å². The molecule has 4 rings (SSSR count). The van der Waals surface area contributed by atoms with Crippen LogP contribution in [-0.2, 0) is 28.6 Å². The third-order valence-corrected chi connectivity index (χ3v) is 5.76. The van der Waals surface area contributed by atoms with Gasteiger partial charge in [-0.3, -0.25) is 9.59 Å². The van der Waals surface area contributed by atoms with Crippen LogP contribution in [0.5, 0.6) is 0 Å². The highest BCUT2D eigenvalue weighted by Crippen LogP contribution is 2.60. The van der Waals surface area contributed by atoms with E-state index in [0.29, 0.717) is 30.4 Å². The second-order valence-corrected chi connectivity index (χ2v) is 8.44. The quantitative estimate of drug-likeness (QED) is 0.285. The maximum absolute atomic E-state index is 12.1. The zero-order valence-corrected chi connectivity index (χ0v) is 15.7. The van der Waals surface area contributed by atoms with Gasteiger partial charge in [-0.05, 0) is 57.8 Å². The molecule has 0 radical (unpaired) electrons. The Morgan fingerprint density at radius 1 is 1.00 bits per heavy atom. The first-order valence-corrected chi connectivity index (χ1v) is 9.39. The zero-order chi connectivity index (χ0) is 18.9. The van der Waals surface area contributed by atoms with Crippen LogP contribution in [0.4, 0.5) is 0 Å². The van der Waals surface area contributed by atoms with Crippen molar-refractivity contribution >= 4 is 17.7 Å². The highest BCUT2D eigenvalue weighted by Gasteiger charge is 2.60. The summed E-state index contributed by atoms with van der Waals surface area (Å²) in [7, 11) is 0. The molecule has 4 aliphatic rings. The molecule has 2 atom stereocenters. The van der Waals surface area contributed by atoms with Crippen molar-refractivity contribution in [1.82, 2.24) is 0 Å². The Balaban J connectivity index is 1.57. The number of ether oxygens (including phenoxy) is 3. The normalized spacial score (nSPS) is 34.4. The lowest BCUT2D eigenvalue weighted by Gasteiger charge is -2.60. The van der Waals surface area contributed by atoms with Gasteiger partial charge in [-0.25, -0.2) is 4.79 Å². The summed E-state index contributed by atoms with van der Waals surface area (Å²) in [4.78, 5) is 34.5. The minimum Gasteiger partial charge on any atom is -0.463 e. The van der Waals surface area contributed by atoms with E-state index in [2.05, 4.69) is 6.58 Å². The monoisotopic (exact) mass is 364 g/mol.